The Labute approximate surface area is 142 Å². The Kier molecular flexibility index (Phi) is 4.88. The van der Waals surface area contributed by atoms with Crippen molar-refractivity contribution in [2.24, 2.45) is 0 Å². The van der Waals surface area contributed by atoms with Crippen LogP contribution in [0.1, 0.15) is 35.2 Å². The standard InChI is InChI=1S/C17H21N3O3S/c18-10-13-5-4-6-14(9-13)17(21)19-15-11-24(22,23)12-16(15)20-7-2-1-3-8-20/h4-6,9,15-16H,1-3,7-8,11-12H2,(H,19,21)/t15-,16-/m0/s1. The SMILES string of the molecule is N#Cc1cccc(C(=O)N[C@H]2CS(=O)(=O)C[C@@H]2N2CCCCC2)c1. The molecule has 6 nitrogen and oxygen atoms in total. The van der Waals surface area contributed by atoms with Gasteiger partial charge in [0.1, 0.15) is 0 Å². The van der Waals surface area contributed by atoms with Gasteiger partial charge in [0.25, 0.3) is 5.91 Å². The molecule has 0 bridgehead atoms. The third kappa shape index (κ3) is 3.77. The number of nitriles is 1. The molecule has 1 aromatic carbocycles. The molecule has 3 rings (SSSR count). The lowest BCUT2D eigenvalue weighted by Gasteiger charge is -2.35. The van der Waals surface area contributed by atoms with Crippen molar-refractivity contribution in [2.75, 3.05) is 24.6 Å². The normalized spacial score (nSPS) is 26.6. The third-order valence-electron chi connectivity index (χ3n) is 4.75. The average molecular weight is 347 g/mol. The Hall–Kier alpha value is -1.91. The Balaban J connectivity index is 1.75. The van der Waals surface area contributed by atoms with E-state index in [-0.39, 0.29) is 23.5 Å². The van der Waals surface area contributed by atoms with Gasteiger partial charge in [-0.2, -0.15) is 5.26 Å². The molecule has 2 atom stereocenters. The molecule has 0 unspecified atom stereocenters. The second kappa shape index (κ2) is 6.91. The second-order valence-electron chi connectivity index (χ2n) is 6.51. The summed E-state index contributed by atoms with van der Waals surface area (Å²) < 4.78 is 24.2. The molecule has 2 heterocycles. The highest BCUT2D eigenvalue weighted by Gasteiger charge is 2.41. The number of carbonyl (C=O) groups excluding carboxylic acids is 1. The van der Waals surface area contributed by atoms with Gasteiger partial charge < -0.3 is 5.32 Å². The quantitative estimate of drug-likeness (QED) is 0.879. The fourth-order valence-electron chi connectivity index (χ4n) is 3.56. The molecule has 2 fully saturated rings. The van der Waals surface area contributed by atoms with E-state index in [0.717, 1.165) is 25.9 Å². The number of carbonyl (C=O) groups is 1. The molecule has 0 aromatic heterocycles. The lowest BCUT2D eigenvalue weighted by atomic mass is 10.0. The predicted molar refractivity (Wildman–Crippen MR) is 90.3 cm³/mol. The molecule has 1 aromatic rings. The van der Waals surface area contributed by atoms with E-state index in [1.165, 1.54) is 12.5 Å². The van der Waals surface area contributed by atoms with Crippen LogP contribution in [0, 0.1) is 11.3 Å². The molecule has 0 spiro atoms. The molecule has 2 aliphatic heterocycles. The van der Waals surface area contributed by atoms with Crippen LogP contribution in [0.2, 0.25) is 0 Å². The highest BCUT2D eigenvalue weighted by Crippen LogP contribution is 2.22. The number of sulfone groups is 1. The van der Waals surface area contributed by atoms with Crippen molar-refractivity contribution in [2.45, 2.75) is 31.3 Å². The molecule has 0 saturated carbocycles. The first-order valence-electron chi connectivity index (χ1n) is 8.24. The Morgan fingerprint density at radius 1 is 1.21 bits per heavy atom. The first-order chi connectivity index (χ1) is 11.5. The van der Waals surface area contributed by atoms with Gasteiger partial charge in [-0.3, -0.25) is 9.69 Å². The van der Waals surface area contributed by atoms with E-state index in [9.17, 15) is 13.2 Å². The minimum atomic E-state index is -3.14. The number of amides is 1. The summed E-state index contributed by atoms with van der Waals surface area (Å²) in [6.45, 7) is 1.77. The number of likely N-dealkylation sites (tertiary alicyclic amines) is 1. The summed E-state index contributed by atoms with van der Waals surface area (Å²) in [6.07, 6.45) is 3.32. The molecule has 24 heavy (non-hydrogen) atoms. The van der Waals surface area contributed by atoms with E-state index in [2.05, 4.69) is 10.2 Å². The molecule has 0 aliphatic carbocycles. The molecule has 1 amide bonds. The van der Waals surface area contributed by atoms with E-state index in [1.807, 2.05) is 6.07 Å². The zero-order valence-electron chi connectivity index (χ0n) is 13.4. The van der Waals surface area contributed by atoms with Crippen LogP contribution in [-0.2, 0) is 9.84 Å². The van der Waals surface area contributed by atoms with Gasteiger partial charge in [-0.15, -0.1) is 0 Å². The van der Waals surface area contributed by atoms with Gasteiger partial charge in [-0.05, 0) is 44.1 Å². The van der Waals surface area contributed by atoms with Crippen LogP contribution in [-0.4, -0.2) is 55.9 Å². The molecule has 1 N–H and O–H groups in total. The fraction of sp³-hybridized carbons (Fsp3) is 0.529. The van der Waals surface area contributed by atoms with Crippen molar-refractivity contribution >= 4 is 15.7 Å². The summed E-state index contributed by atoms with van der Waals surface area (Å²) in [5.41, 5.74) is 0.796. The minimum Gasteiger partial charge on any atom is -0.347 e. The zero-order chi connectivity index (χ0) is 17.2. The van der Waals surface area contributed by atoms with Crippen molar-refractivity contribution in [1.29, 1.82) is 5.26 Å². The molecule has 7 heteroatoms. The lowest BCUT2D eigenvalue weighted by molar-refractivity contribution is 0.0900. The van der Waals surface area contributed by atoms with Gasteiger partial charge in [-0.1, -0.05) is 12.5 Å². The number of benzene rings is 1. The summed E-state index contributed by atoms with van der Waals surface area (Å²) in [5.74, 6) is -0.232. The first-order valence-corrected chi connectivity index (χ1v) is 10.1. The maximum absolute atomic E-state index is 12.5. The van der Waals surface area contributed by atoms with Crippen LogP contribution in [0.3, 0.4) is 0 Å². The zero-order valence-corrected chi connectivity index (χ0v) is 14.3. The highest BCUT2D eigenvalue weighted by atomic mass is 32.2. The van der Waals surface area contributed by atoms with E-state index >= 15 is 0 Å². The number of rotatable bonds is 3. The summed E-state index contributed by atoms with van der Waals surface area (Å²) in [5, 5.41) is 11.8. The van der Waals surface area contributed by atoms with Crippen LogP contribution in [0.15, 0.2) is 24.3 Å². The van der Waals surface area contributed by atoms with Gasteiger partial charge in [0.2, 0.25) is 0 Å². The Bertz CT molecular complexity index is 764. The third-order valence-corrected chi connectivity index (χ3v) is 6.47. The van der Waals surface area contributed by atoms with Gasteiger partial charge in [0, 0.05) is 11.6 Å². The maximum Gasteiger partial charge on any atom is 0.251 e. The van der Waals surface area contributed by atoms with E-state index in [0.29, 0.717) is 11.1 Å². The summed E-state index contributed by atoms with van der Waals surface area (Å²) in [6, 6.07) is 7.90. The number of hydrogen-bond donors (Lipinski definition) is 1. The minimum absolute atomic E-state index is 0.0160. The molecular weight excluding hydrogens is 326 g/mol. The van der Waals surface area contributed by atoms with Crippen LogP contribution in [0.5, 0.6) is 0 Å². The Morgan fingerprint density at radius 2 is 1.96 bits per heavy atom. The highest BCUT2D eigenvalue weighted by molar-refractivity contribution is 7.91. The monoisotopic (exact) mass is 347 g/mol. The van der Waals surface area contributed by atoms with Crippen molar-refractivity contribution in [3.8, 4) is 6.07 Å². The second-order valence-corrected chi connectivity index (χ2v) is 8.67. The molecule has 0 radical (unpaired) electrons. The Morgan fingerprint density at radius 3 is 2.67 bits per heavy atom. The van der Waals surface area contributed by atoms with Crippen LogP contribution < -0.4 is 5.32 Å². The van der Waals surface area contributed by atoms with E-state index in [1.54, 1.807) is 18.2 Å². The van der Waals surface area contributed by atoms with Crippen molar-refractivity contribution in [3.05, 3.63) is 35.4 Å². The van der Waals surface area contributed by atoms with Gasteiger partial charge in [0.05, 0.1) is 29.2 Å². The van der Waals surface area contributed by atoms with E-state index < -0.39 is 15.9 Å². The molecule has 2 saturated heterocycles. The van der Waals surface area contributed by atoms with Crippen molar-refractivity contribution in [1.82, 2.24) is 10.2 Å². The van der Waals surface area contributed by atoms with Crippen molar-refractivity contribution in [3.63, 3.8) is 0 Å². The van der Waals surface area contributed by atoms with Crippen LogP contribution >= 0.6 is 0 Å². The topological polar surface area (TPSA) is 90.3 Å². The first kappa shape index (κ1) is 16.9. The van der Waals surface area contributed by atoms with Gasteiger partial charge in [0.15, 0.2) is 9.84 Å². The number of nitrogens with zero attached hydrogens (tertiary/aromatic N) is 2. The lowest BCUT2D eigenvalue weighted by Crippen LogP contribution is -2.52. The van der Waals surface area contributed by atoms with Crippen molar-refractivity contribution < 1.29 is 13.2 Å². The largest absolute Gasteiger partial charge is 0.347 e. The fourth-order valence-corrected chi connectivity index (χ4v) is 5.51. The number of hydrogen-bond acceptors (Lipinski definition) is 5. The smallest absolute Gasteiger partial charge is 0.251 e. The molecular formula is C17H21N3O3S. The van der Waals surface area contributed by atoms with Gasteiger partial charge in [-0.25, -0.2) is 8.42 Å². The summed E-state index contributed by atoms with van der Waals surface area (Å²) in [7, 11) is -3.14. The number of nitrogens with one attached hydrogen (secondary N) is 1. The number of piperidine rings is 1. The predicted octanol–water partition coefficient (Wildman–Crippen LogP) is 0.940. The van der Waals surface area contributed by atoms with Gasteiger partial charge >= 0.3 is 0 Å². The summed E-state index contributed by atoms with van der Waals surface area (Å²) in [4.78, 5) is 14.7. The summed E-state index contributed by atoms with van der Waals surface area (Å²) >= 11 is 0. The maximum atomic E-state index is 12.5. The molecule has 128 valence electrons. The average Bonchev–Trinajstić information content (AvgIpc) is 2.90. The van der Waals surface area contributed by atoms with E-state index in [4.69, 9.17) is 5.26 Å². The van der Waals surface area contributed by atoms with Crippen LogP contribution in [0.25, 0.3) is 0 Å². The van der Waals surface area contributed by atoms with Crippen LogP contribution in [0.4, 0.5) is 0 Å². The molecule has 2 aliphatic rings.